The molecular formula is C73H114O6. The van der Waals surface area contributed by atoms with Gasteiger partial charge in [-0.25, -0.2) is 0 Å². The first-order chi connectivity index (χ1) is 39.0. The molecule has 0 fully saturated rings. The predicted molar refractivity (Wildman–Crippen MR) is 343 cm³/mol. The lowest BCUT2D eigenvalue weighted by Gasteiger charge is -2.18. The molecule has 0 aromatic carbocycles. The van der Waals surface area contributed by atoms with Gasteiger partial charge in [0.2, 0.25) is 0 Å². The van der Waals surface area contributed by atoms with Crippen LogP contribution in [0.2, 0.25) is 0 Å². The van der Waals surface area contributed by atoms with E-state index in [0.717, 1.165) is 135 Å². The highest BCUT2D eigenvalue weighted by molar-refractivity contribution is 5.71. The lowest BCUT2D eigenvalue weighted by atomic mass is 10.0. The first-order valence-corrected chi connectivity index (χ1v) is 31.6. The summed E-state index contributed by atoms with van der Waals surface area (Å²) >= 11 is 0. The first kappa shape index (κ1) is 73.8. The third-order valence-corrected chi connectivity index (χ3v) is 12.7. The number of esters is 3. The van der Waals surface area contributed by atoms with E-state index in [1.165, 1.54) is 64.2 Å². The molecule has 0 aliphatic heterocycles. The minimum Gasteiger partial charge on any atom is -0.462 e. The fraction of sp³-hybridized carbons (Fsp3) is 0.575. The zero-order valence-corrected chi connectivity index (χ0v) is 50.6. The predicted octanol–water partition coefficient (Wildman–Crippen LogP) is 21.9. The summed E-state index contributed by atoms with van der Waals surface area (Å²) < 4.78 is 16.8. The monoisotopic (exact) mass is 1090 g/mol. The molecule has 6 nitrogen and oxygen atoms in total. The molecule has 79 heavy (non-hydrogen) atoms. The summed E-state index contributed by atoms with van der Waals surface area (Å²) in [6.07, 6.45) is 96.6. The molecule has 0 radical (unpaired) electrons. The van der Waals surface area contributed by atoms with Crippen LogP contribution in [0, 0.1) is 0 Å². The van der Waals surface area contributed by atoms with Gasteiger partial charge in [0.05, 0.1) is 0 Å². The molecular weight excluding hydrogens is 973 g/mol. The van der Waals surface area contributed by atoms with Gasteiger partial charge in [0.1, 0.15) is 13.2 Å². The number of carbonyl (C=O) groups excluding carboxylic acids is 3. The molecule has 0 aliphatic carbocycles. The molecule has 0 aromatic rings. The molecule has 0 saturated carbocycles. The van der Waals surface area contributed by atoms with Crippen molar-refractivity contribution in [1.82, 2.24) is 0 Å². The second-order valence-corrected chi connectivity index (χ2v) is 20.2. The number of unbranched alkanes of at least 4 members (excludes halogenated alkanes) is 16. The van der Waals surface area contributed by atoms with Crippen LogP contribution >= 0.6 is 0 Å². The van der Waals surface area contributed by atoms with Gasteiger partial charge in [-0.2, -0.15) is 0 Å². The maximum Gasteiger partial charge on any atom is 0.306 e. The Bertz CT molecular complexity index is 1820. The van der Waals surface area contributed by atoms with Gasteiger partial charge in [-0.05, 0) is 148 Å². The maximum atomic E-state index is 12.9. The van der Waals surface area contributed by atoms with E-state index >= 15 is 0 Å². The molecule has 0 aromatic heterocycles. The van der Waals surface area contributed by atoms with E-state index in [4.69, 9.17) is 14.2 Å². The second-order valence-electron chi connectivity index (χ2n) is 20.2. The Morgan fingerprint density at radius 2 is 0.456 bits per heavy atom. The summed E-state index contributed by atoms with van der Waals surface area (Å²) in [4.78, 5) is 38.2. The fourth-order valence-electron chi connectivity index (χ4n) is 8.07. The van der Waals surface area contributed by atoms with Gasteiger partial charge in [0.25, 0.3) is 0 Å². The Morgan fingerprint density at radius 1 is 0.253 bits per heavy atom. The number of rotatable bonds is 55. The van der Waals surface area contributed by atoms with Crippen molar-refractivity contribution < 1.29 is 28.6 Å². The third-order valence-electron chi connectivity index (χ3n) is 12.7. The van der Waals surface area contributed by atoms with E-state index in [-0.39, 0.29) is 44.0 Å². The highest BCUT2D eigenvalue weighted by Crippen LogP contribution is 2.15. The van der Waals surface area contributed by atoms with E-state index in [2.05, 4.69) is 191 Å². The first-order valence-electron chi connectivity index (χ1n) is 31.6. The summed E-state index contributed by atoms with van der Waals surface area (Å²) in [6.45, 7) is 6.21. The zero-order chi connectivity index (χ0) is 57.1. The lowest BCUT2D eigenvalue weighted by Crippen LogP contribution is -2.30. The van der Waals surface area contributed by atoms with Crippen LogP contribution in [0.1, 0.15) is 252 Å². The molecule has 6 heteroatoms. The van der Waals surface area contributed by atoms with E-state index in [9.17, 15) is 14.4 Å². The van der Waals surface area contributed by atoms with Crippen molar-refractivity contribution in [3.63, 3.8) is 0 Å². The molecule has 0 rings (SSSR count). The number of allylic oxidation sites excluding steroid dienone is 28. The van der Waals surface area contributed by atoms with Gasteiger partial charge in [-0.1, -0.05) is 255 Å². The van der Waals surface area contributed by atoms with Crippen molar-refractivity contribution in [3.05, 3.63) is 170 Å². The van der Waals surface area contributed by atoms with Gasteiger partial charge in [0, 0.05) is 19.3 Å². The summed E-state index contributed by atoms with van der Waals surface area (Å²) in [6, 6.07) is 0. The molecule has 0 saturated heterocycles. The second kappa shape index (κ2) is 65.3. The van der Waals surface area contributed by atoms with Crippen molar-refractivity contribution in [2.45, 2.75) is 258 Å². The Balaban J connectivity index is 4.35. The standard InChI is InChI=1S/C73H114O6/c1-4-7-10-13-16-19-22-25-28-29-30-31-32-33-34-35-36-37-38-39-40-41-42-43-46-48-51-54-57-60-63-66-72(75)78-69-70(79-73(76)67-64-61-58-55-52-49-45-27-24-21-18-15-12-9-6-3)68-77-71(74)65-62-59-56-53-50-47-44-26-23-20-17-14-11-8-5-2/h7-12,16-21,25-28,30-31,33-34,36-37,44-45,50,52-53,55,70H,4-6,13-15,22-24,29,32,35,38-43,46-49,51,54,56-69H2,1-3H3/b10-7-,11-8-,12-9-,19-16-,20-17-,21-18-,28-25-,31-30-,34-33-,37-36-,44-26-,45-27-,53-50-,55-52-. The Kier molecular flexibility index (Phi) is 61.0. The molecule has 0 bridgehead atoms. The largest absolute Gasteiger partial charge is 0.462 e. The van der Waals surface area contributed by atoms with Crippen LogP contribution in [0.4, 0.5) is 0 Å². The fourth-order valence-corrected chi connectivity index (χ4v) is 8.07. The highest BCUT2D eigenvalue weighted by atomic mass is 16.6. The average Bonchev–Trinajstić information content (AvgIpc) is 3.45. The quantitative estimate of drug-likeness (QED) is 0.0261. The van der Waals surface area contributed by atoms with Crippen molar-refractivity contribution in [2.24, 2.45) is 0 Å². The van der Waals surface area contributed by atoms with Gasteiger partial charge in [-0.15, -0.1) is 0 Å². The summed E-state index contributed by atoms with van der Waals surface area (Å²) in [5, 5.41) is 0. The van der Waals surface area contributed by atoms with E-state index in [0.29, 0.717) is 19.3 Å². The SMILES string of the molecule is CC/C=C\C/C=C\C/C=C\C/C=C\C/C=C\C/C=C\CCCCCCCCCCCCCCC(=O)OCC(COC(=O)CCCC/C=C\C/C=C\C/C=C\C/C=C\CC)OC(=O)CCCC/C=C\C/C=C\C/C=C\C/C=C\CC. The van der Waals surface area contributed by atoms with Crippen molar-refractivity contribution in [3.8, 4) is 0 Å². The molecule has 0 N–H and O–H groups in total. The average molecular weight is 1090 g/mol. The van der Waals surface area contributed by atoms with E-state index in [1.807, 2.05) is 0 Å². The summed E-state index contributed by atoms with van der Waals surface area (Å²) in [5.41, 5.74) is 0. The minimum atomic E-state index is -0.826. The number of carbonyl (C=O) groups is 3. The molecule has 0 spiro atoms. The molecule has 0 heterocycles. The number of ether oxygens (including phenoxy) is 3. The summed E-state index contributed by atoms with van der Waals surface area (Å²) in [5.74, 6) is -1.01. The molecule has 442 valence electrons. The molecule has 1 unspecified atom stereocenters. The topological polar surface area (TPSA) is 78.9 Å². The highest BCUT2D eigenvalue weighted by Gasteiger charge is 2.19. The summed E-state index contributed by atoms with van der Waals surface area (Å²) in [7, 11) is 0. The number of hydrogen-bond acceptors (Lipinski definition) is 6. The minimum absolute atomic E-state index is 0.116. The third kappa shape index (κ3) is 63.5. The smallest absolute Gasteiger partial charge is 0.306 e. The van der Waals surface area contributed by atoms with Crippen LogP contribution < -0.4 is 0 Å². The number of hydrogen-bond donors (Lipinski definition) is 0. The van der Waals surface area contributed by atoms with Crippen molar-refractivity contribution in [1.29, 1.82) is 0 Å². The van der Waals surface area contributed by atoms with Crippen molar-refractivity contribution >= 4 is 17.9 Å². The van der Waals surface area contributed by atoms with E-state index < -0.39 is 6.10 Å². The maximum absolute atomic E-state index is 12.9. The van der Waals surface area contributed by atoms with Crippen LogP contribution in [-0.4, -0.2) is 37.2 Å². The van der Waals surface area contributed by atoms with Crippen LogP contribution in [0.15, 0.2) is 170 Å². The molecule has 1 atom stereocenters. The van der Waals surface area contributed by atoms with Crippen LogP contribution in [0.3, 0.4) is 0 Å². The van der Waals surface area contributed by atoms with Gasteiger partial charge in [0.15, 0.2) is 6.10 Å². The van der Waals surface area contributed by atoms with E-state index in [1.54, 1.807) is 0 Å². The van der Waals surface area contributed by atoms with Crippen LogP contribution in [-0.2, 0) is 28.6 Å². The normalized spacial score (nSPS) is 13.3. The van der Waals surface area contributed by atoms with Gasteiger partial charge in [-0.3, -0.25) is 14.4 Å². The zero-order valence-electron chi connectivity index (χ0n) is 50.6. The van der Waals surface area contributed by atoms with Gasteiger partial charge >= 0.3 is 17.9 Å². The van der Waals surface area contributed by atoms with Gasteiger partial charge < -0.3 is 14.2 Å². The van der Waals surface area contributed by atoms with Crippen LogP contribution in [0.5, 0.6) is 0 Å². The molecule has 0 aliphatic rings. The Hall–Kier alpha value is -5.23. The Labute approximate surface area is 485 Å². The molecule has 0 amide bonds. The Morgan fingerprint density at radius 3 is 0.734 bits per heavy atom. The lowest BCUT2D eigenvalue weighted by molar-refractivity contribution is -0.167. The van der Waals surface area contributed by atoms with Crippen molar-refractivity contribution in [2.75, 3.05) is 13.2 Å². The van der Waals surface area contributed by atoms with Crippen LogP contribution in [0.25, 0.3) is 0 Å².